The molecule has 4 N–H and O–H groups in total. The maximum absolute atomic E-state index is 12.4. The Morgan fingerprint density at radius 2 is 0.798 bits per heavy atom. The van der Waals surface area contributed by atoms with E-state index < -0.39 is 12.2 Å². The van der Waals surface area contributed by atoms with Crippen LogP contribution in [-0.2, 0) is 79.3 Å². The highest BCUT2D eigenvalue weighted by Crippen LogP contribution is 2.22. The number of nitrogens with one attached hydrogen (secondary N) is 2. The van der Waals surface area contributed by atoms with Crippen LogP contribution in [0.5, 0.6) is 0 Å². The van der Waals surface area contributed by atoms with Gasteiger partial charge >= 0.3 is 0 Å². The Balaban J connectivity index is 0.786. The molecule has 99 heavy (non-hydrogen) atoms. The van der Waals surface area contributed by atoms with Gasteiger partial charge in [-0.15, -0.1) is 0 Å². The molecule has 18 nitrogen and oxygen atoms in total. The minimum Gasteiger partial charge on any atom is -0.388 e. The van der Waals surface area contributed by atoms with Gasteiger partial charge in [0, 0.05) is 42.4 Å². The summed E-state index contributed by atoms with van der Waals surface area (Å²) in [7, 11) is 0. The molecule has 0 heterocycles. The fourth-order valence-electron chi connectivity index (χ4n) is 9.80. The number of amides is 2. The number of carbonyl (C=O) groups excluding carboxylic acids is 2. The van der Waals surface area contributed by atoms with E-state index in [1.165, 1.54) is 32.7 Å². The zero-order valence-electron chi connectivity index (χ0n) is 60.0. The fraction of sp³-hybridized carbons (Fsp3) is 0.531. The summed E-state index contributed by atoms with van der Waals surface area (Å²) in [5.41, 5.74) is 5.78. The molecule has 4 atom stereocenters. The number of aryl methyl sites for hydroxylation is 2. The summed E-state index contributed by atoms with van der Waals surface area (Å²) in [5, 5.41) is 32.3. The maximum atomic E-state index is 12.4. The number of fused-ring (bicyclic) bond motifs is 2. The monoisotopic (exact) mass is 1370 g/mol. The van der Waals surface area contributed by atoms with Crippen molar-refractivity contribution in [2.75, 3.05) is 165 Å². The summed E-state index contributed by atoms with van der Waals surface area (Å²) in [6.45, 7) is 22.2. The molecule has 2 amide bonds. The van der Waals surface area contributed by atoms with Crippen LogP contribution >= 0.6 is 0 Å². The van der Waals surface area contributed by atoms with Crippen molar-refractivity contribution in [1.82, 2.24) is 10.6 Å². The smallest absolute Gasteiger partial charge is 0.248 e. The van der Waals surface area contributed by atoms with Crippen molar-refractivity contribution in [2.24, 2.45) is 11.8 Å². The number of benzene rings is 4. The van der Waals surface area contributed by atoms with Crippen molar-refractivity contribution < 1.29 is 76.6 Å². The Morgan fingerprint density at radius 1 is 0.414 bits per heavy atom. The zero-order chi connectivity index (χ0) is 70.9. The van der Waals surface area contributed by atoms with Crippen molar-refractivity contribution in [3.05, 3.63) is 167 Å². The summed E-state index contributed by atoms with van der Waals surface area (Å²) in [4.78, 5) is 24.9. The number of rotatable bonds is 56. The highest BCUT2D eigenvalue weighted by atomic mass is 16.6. The lowest BCUT2D eigenvalue weighted by atomic mass is 9.95. The number of ether oxygens (including phenoxy) is 12. The standard InChI is InChI=1S/C81H114N2O16/c1-66(78(84)68(3)28-21-30-72-38-39-73-31-17-18-33-76(73)64-72)24-13-10-8-12-16-27-71(6)81(87)83-65-99-63-62-98-61-60-97-59-58-96-57-56-95-55-54-94-53-52-93-51-50-92-49-48-91-47-46-90-45-44-89-43-42-88-41-40-82-80(86)70(5)26-15-11-7-9-14-25-67(2)79(85)69(4)29-22-34-75-36-23-35-74-32-19-20-37-77(74)75/h13-14,17-20,23-29,31-33,35-39,64,66-67,78-79,84-85H,11-12,15-16,21-22,30,34,40-63,65H2,1-6H3,(H,82,86)(H,83,87)/b24-13+,25-14+,68-28+,69-29+,70-26+,71-27+. The molecule has 0 aliphatic rings. The number of allylic oxidation sites excluding steroid dienone is 6. The van der Waals surface area contributed by atoms with E-state index >= 15 is 0 Å². The van der Waals surface area contributed by atoms with Gasteiger partial charge in [-0.3, -0.25) is 9.59 Å². The zero-order valence-corrected chi connectivity index (χ0v) is 60.0. The topological polar surface area (TPSA) is 209 Å². The van der Waals surface area contributed by atoms with E-state index in [9.17, 15) is 19.8 Å². The normalized spacial score (nSPS) is 13.6. The predicted octanol–water partition coefficient (Wildman–Crippen LogP) is 11.4. The molecule has 4 rings (SSSR count). The first kappa shape index (κ1) is 84.8. The molecule has 0 aliphatic heterocycles. The van der Waals surface area contributed by atoms with Crippen LogP contribution in [0.1, 0.15) is 91.2 Å². The highest BCUT2D eigenvalue weighted by Gasteiger charge is 2.15. The second-order valence-corrected chi connectivity index (χ2v) is 23.7. The van der Waals surface area contributed by atoms with E-state index in [0.717, 1.165) is 36.8 Å². The molecule has 0 aliphatic carbocycles. The third-order valence-corrected chi connectivity index (χ3v) is 15.7. The first-order chi connectivity index (χ1) is 48.4. The summed E-state index contributed by atoms with van der Waals surface area (Å²) in [6, 6.07) is 29.8. The summed E-state index contributed by atoms with van der Waals surface area (Å²) in [6.07, 6.45) is 20.5. The van der Waals surface area contributed by atoms with Crippen LogP contribution in [0, 0.1) is 35.5 Å². The lowest BCUT2D eigenvalue weighted by Gasteiger charge is -2.16. The largest absolute Gasteiger partial charge is 0.388 e. The molecular formula is C81H114N2O16. The van der Waals surface area contributed by atoms with Gasteiger partial charge in [0.1, 0.15) is 6.73 Å². The van der Waals surface area contributed by atoms with Crippen LogP contribution in [0.3, 0.4) is 0 Å². The third kappa shape index (κ3) is 41.6. The number of carbonyl (C=O) groups is 2. The molecule has 4 unspecified atom stereocenters. The SMILES string of the molecule is C/C(=C\CCC#C/C=C/C(C)C(O)/C(C)=C/CCc1cccc2ccccc12)C(=O)NCCOCCOCCOCCOCCOCCOCCOCCOCCOCCOCCOCCOCNC(=O)/C(C)=C/CCC#C/C=C/C(C)C(O)/C(C)=C/CCc1ccc2ccccc2c1. The van der Waals surface area contributed by atoms with Crippen LogP contribution in [0.2, 0.25) is 0 Å². The summed E-state index contributed by atoms with van der Waals surface area (Å²) >= 11 is 0. The minimum absolute atomic E-state index is 0.0597. The second-order valence-electron chi connectivity index (χ2n) is 23.7. The van der Waals surface area contributed by atoms with Crippen LogP contribution < -0.4 is 10.6 Å². The molecule has 544 valence electrons. The van der Waals surface area contributed by atoms with Gasteiger partial charge in [-0.1, -0.05) is 159 Å². The van der Waals surface area contributed by atoms with Gasteiger partial charge in [0.2, 0.25) is 11.8 Å². The van der Waals surface area contributed by atoms with Crippen LogP contribution in [0.25, 0.3) is 21.5 Å². The summed E-state index contributed by atoms with van der Waals surface area (Å²) < 4.78 is 66.5. The van der Waals surface area contributed by atoms with E-state index in [4.69, 9.17) is 56.8 Å². The average molecular weight is 1370 g/mol. The van der Waals surface area contributed by atoms with E-state index in [2.05, 4.69) is 131 Å². The Bertz CT molecular complexity index is 3150. The van der Waals surface area contributed by atoms with Gasteiger partial charge in [0.15, 0.2) is 0 Å². The first-order valence-electron chi connectivity index (χ1n) is 35.2. The Hall–Kier alpha value is -6.66. The molecule has 4 aromatic rings. The number of aliphatic hydroxyl groups is 2. The second kappa shape index (κ2) is 57.0. The lowest BCUT2D eigenvalue weighted by molar-refractivity contribution is -0.119. The Labute approximate surface area is 590 Å². The van der Waals surface area contributed by atoms with E-state index in [1.54, 1.807) is 26.0 Å². The maximum Gasteiger partial charge on any atom is 0.248 e. The first-order valence-corrected chi connectivity index (χ1v) is 35.2. The fourth-order valence-corrected chi connectivity index (χ4v) is 9.80. The minimum atomic E-state index is -0.564. The molecule has 0 saturated carbocycles. The number of hydrogen-bond acceptors (Lipinski definition) is 16. The van der Waals surface area contributed by atoms with Crippen LogP contribution in [0.4, 0.5) is 0 Å². The molecule has 4 aromatic carbocycles. The predicted molar refractivity (Wildman–Crippen MR) is 393 cm³/mol. The highest BCUT2D eigenvalue weighted by molar-refractivity contribution is 5.93. The quantitative estimate of drug-likeness (QED) is 0.0107. The Kier molecular flexibility index (Phi) is 48.8. The van der Waals surface area contributed by atoms with Crippen molar-refractivity contribution in [3.63, 3.8) is 0 Å². The third-order valence-electron chi connectivity index (χ3n) is 15.7. The van der Waals surface area contributed by atoms with Gasteiger partial charge in [-0.25, -0.2) is 0 Å². The van der Waals surface area contributed by atoms with Gasteiger partial charge in [0.05, 0.1) is 164 Å². The van der Waals surface area contributed by atoms with E-state index in [-0.39, 0.29) is 30.4 Å². The number of unbranched alkanes of at least 4 members (excludes halogenated alkanes) is 2. The van der Waals surface area contributed by atoms with Crippen molar-refractivity contribution >= 4 is 33.4 Å². The van der Waals surface area contributed by atoms with Crippen LogP contribution in [0.15, 0.2) is 156 Å². The molecule has 0 saturated heterocycles. The van der Waals surface area contributed by atoms with Crippen molar-refractivity contribution in [3.8, 4) is 23.7 Å². The number of aliphatic hydroxyl groups excluding tert-OH is 2. The molecule has 0 fully saturated rings. The van der Waals surface area contributed by atoms with E-state index in [1.807, 2.05) is 52.0 Å². The van der Waals surface area contributed by atoms with Gasteiger partial charge < -0.3 is 77.7 Å². The van der Waals surface area contributed by atoms with Gasteiger partial charge in [-0.05, 0) is 122 Å². The number of hydrogen-bond donors (Lipinski definition) is 4. The molecule has 0 bridgehead atoms. The molecule has 18 heteroatoms. The summed E-state index contributed by atoms with van der Waals surface area (Å²) in [5.74, 6) is 11.9. The van der Waals surface area contributed by atoms with Gasteiger partial charge in [0.25, 0.3) is 0 Å². The molecule has 0 aromatic heterocycles. The molecule has 0 radical (unpaired) electrons. The van der Waals surface area contributed by atoms with E-state index in [0.29, 0.717) is 195 Å². The van der Waals surface area contributed by atoms with Crippen molar-refractivity contribution in [2.45, 2.75) is 105 Å². The average Bonchev–Trinajstić information content (AvgIpc) is 0.871. The Morgan fingerprint density at radius 3 is 1.26 bits per heavy atom. The van der Waals surface area contributed by atoms with Crippen LogP contribution in [-0.4, -0.2) is 199 Å². The van der Waals surface area contributed by atoms with Gasteiger partial charge in [-0.2, -0.15) is 0 Å². The van der Waals surface area contributed by atoms with Crippen molar-refractivity contribution in [1.29, 1.82) is 0 Å². The molecule has 0 spiro atoms. The lowest BCUT2D eigenvalue weighted by Crippen LogP contribution is -2.28. The molecular weight excluding hydrogens is 1260 g/mol.